The first kappa shape index (κ1) is 11.7. The molecule has 0 N–H and O–H groups in total. The largest absolute Gasteiger partial charge is 0.378 e. The Morgan fingerprint density at radius 1 is 1.29 bits per heavy atom. The second-order valence-electron chi connectivity index (χ2n) is 3.99. The van der Waals surface area contributed by atoms with Crippen molar-refractivity contribution in [3.8, 4) is 6.07 Å². The highest BCUT2D eigenvalue weighted by atomic mass is 16.5. The summed E-state index contributed by atoms with van der Waals surface area (Å²) in [6.45, 7) is 3.05. The van der Waals surface area contributed by atoms with Gasteiger partial charge >= 0.3 is 0 Å². The van der Waals surface area contributed by atoms with Crippen LogP contribution in [0.4, 0.5) is 0 Å². The Hall–Kier alpha value is -1.79. The molecule has 3 nitrogen and oxygen atoms in total. The fraction of sp³-hybridized carbons (Fsp3) is 0.357. The first-order chi connectivity index (χ1) is 8.40. The molecule has 0 atom stereocenters. The van der Waals surface area contributed by atoms with E-state index in [9.17, 15) is 0 Å². The van der Waals surface area contributed by atoms with Gasteiger partial charge in [0.1, 0.15) is 11.8 Å². The summed E-state index contributed by atoms with van der Waals surface area (Å²) in [7, 11) is 0. The number of allylic oxidation sites excluding steroid dienone is 2. The van der Waals surface area contributed by atoms with E-state index >= 15 is 0 Å². The monoisotopic (exact) mass is 228 g/mol. The van der Waals surface area contributed by atoms with Crippen LogP contribution >= 0.6 is 0 Å². The molecule has 0 spiro atoms. The van der Waals surface area contributed by atoms with E-state index in [-0.39, 0.29) is 0 Å². The summed E-state index contributed by atoms with van der Waals surface area (Å²) in [5.41, 5.74) is 1.99. The smallest absolute Gasteiger partial charge is 0.117 e. The minimum Gasteiger partial charge on any atom is -0.378 e. The summed E-state index contributed by atoms with van der Waals surface area (Å²) in [5, 5.41) is 9.16. The van der Waals surface area contributed by atoms with Gasteiger partial charge in [-0.1, -0.05) is 30.3 Å². The van der Waals surface area contributed by atoms with Gasteiger partial charge in [-0.25, -0.2) is 0 Å². The van der Waals surface area contributed by atoms with Crippen molar-refractivity contribution in [2.45, 2.75) is 6.42 Å². The lowest BCUT2D eigenvalue weighted by atomic mass is 10.1. The number of rotatable bonds is 3. The van der Waals surface area contributed by atoms with Crippen molar-refractivity contribution < 1.29 is 4.74 Å². The van der Waals surface area contributed by atoms with E-state index in [0.29, 0.717) is 13.2 Å². The maximum absolute atomic E-state index is 9.16. The lowest BCUT2D eigenvalue weighted by molar-refractivity contribution is 0.0557. The zero-order chi connectivity index (χ0) is 11.9. The molecule has 1 fully saturated rings. The number of hydrogen-bond donors (Lipinski definition) is 0. The Labute approximate surface area is 102 Å². The summed E-state index contributed by atoms with van der Waals surface area (Å²) in [5.74, 6) is 0. The van der Waals surface area contributed by atoms with Gasteiger partial charge < -0.3 is 9.64 Å². The number of nitriles is 1. The minimum absolute atomic E-state index is 0.713. The van der Waals surface area contributed by atoms with Crippen molar-refractivity contribution in [1.29, 1.82) is 5.26 Å². The summed E-state index contributed by atoms with van der Waals surface area (Å²) in [6, 6.07) is 12.5. The van der Waals surface area contributed by atoms with Crippen molar-refractivity contribution in [3.63, 3.8) is 0 Å². The van der Waals surface area contributed by atoms with E-state index < -0.39 is 0 Å². The molecule has 0 aromatic heterocycles. The number of hydrogen-bond acceptors (Lipinski definition) is 3. The van der Waals surface area contributed by atoms with Crippen molar-refractivity contribution in [2.75, 3.05) is 26.3 Å². The number of morpholine rings is 1. The lowest BCUT2D eigenvalue weighted by Gasteiger charge is -2.27. The SMILES string of the molecule is N#C/C(=C/Cc1ccccc1)N1CCOCC1. The van der Waals surface area contributed by atoms with E-state index in [1.807, 2.05) is 24.3 Å². The first-order valence-corrected chi connectivity index (χ1v) is 5.87. The normalized spacial score (nSPS) is 16.6. The maximum atomic E-state index is 9.16. The van der Waals surface area contributed by atoms with E-state index in [1.54, 1.807) is 0 Å². The molecule has 0 saturated carbocycles. The topological polar surface area (TPSA) is 36.3 Å². The molecule has 0 amide bonds. The van der Waals surface area contributed by atoms with Crippen molar-refractivity contribution >= 4 is 0 Å². The van der Waals surface area contributed by atoms with Gasteiger partial charge in [0.2, 0.25) is 0 Å². The van der Waals surface area contributed by atoms with E-state index in [1.165, 1.54) is 5.56 Å². The van der Waals surface area contributed by atoms with Gasteiger partial charge in [-0.3, -0.25) is 0 Å². The third-order valence-electron chi connectivity index (χ3n) is 2.84. The van der Waals surface area contributed by atoms with E-state index in [4.69, 9.17) is 10.00 Å². The molecule has 1 saturated heterocycles. The van der Waals surface area contributed by atoms with Crippen molar-refractivity contribution in [1.82, 2.24) is 4.90 Å². The van der Waals surface area contributed by atoms with Gasteiger partial charge in [-0.15, -0.1) is 0 Å². The van der Waals surface area contributed by atoms with Gasteiger partial charge in [0.05, 0.1) is 13.2 Å². The van der Waals surface area contributed by atoms with Crippen LogP contribution in [0.25, 0.3) is 0 Å². The Balaban J connectivity index is 2.00. The second kappa shape index (κ2) is 6.07. The van der Waals surface area contributed by atoms with E-state index in [2.05, 4.69) is 23.1 Å². The molecule has 0 aliphatic carbocycles. The highest BCUT2D eigenvalue weighted by Gasteiger charge is 2.12. The Bertz CT molecular complexity index is 414. The van der Waals surface area contributed by atoms with Crippen LogP contribution in [-0.4, -0.2) is 31.2 Å². The predicted octanol–water partition coefficient (Wildman–Crippen LogP) is 1.97. The highest BCUT2D eigenvalue weighted by molar-refractivity contribution is 5.25. The van der Waals surface area contributed by atoms with Gasteiger partial charge in [-0.2, -0.15) is 5.26 Å². The average molecular weight is 228 g/mol. The summed E-state index contributed by atoms with van der Waals surface area (Å²) < 4.78 is 5.28. The Morgan fingerprint density at radius 2 is 2.00 bits per heavy atom. The summed E-state index contributed by atoms with van der Waals surface area (Å²) in [4.78, 5) is 2.09. The number of ether oxygens (including phenoxy) is 1. The standard InChI is InChI=1S/C14H16N2O/c15-12-14(16-8-10-17-11-9-16)7-6-13-4-2-1-3-5-13/h1-5,7H,6,8-11H2/b14-7-. The van der Waals surface area contributed by atoms with Gasteiger partial charge in [0.15, 0.2) is 0 Å². The number of nitrogens with zero attached hydrogens (tertiary/aromatic N) is 2. The van der Waals surface area contributed by atoms with Crippen LogP contribution in [-0.2, 0) is 11.2 Å². The number of benzene rings is 1. The molecule has 1 aliphatic rings. The van der Waals surface area contributed by atoms with Crippen LogP contribution in [0.1, 0.15) is 5.56 Å². The Morgan fingerprint density at radius 3 is 2.65 bits per heavy atom. The minimum atomic E-state index is 0.713. The van der Waals surface area contributed by atoms with Gasteiger partial charge in [0.25, 0.3) is 0 Å². The zero-order valence-electron chi connectivity index (χ0n) is 9.80. The molecule has 0 bridgehead atoms. The molecule has 3 heteroatoms. The highest BCUT2D eigenvalue weighted by Crippen LogP contribution is 2.09. The van der Waals surface area contributed by atoms with Crippen molar-refractivity contribution in [3.05, 3.63) is 47.7 Å². The van der Waals surface area contributed by atoms with Crippen molar-refractivity contribution in [2.24, 2.45) is 0 Å². The second-order valence-corrected chi connectivity index (χ2v) is 3.99. The molecule has 88 valence electrons. The fourth-order valence-corrected chi connectivity index (χ4v) is 1.88. The van der Waals surface area contributed by atoms with Crippen LogP contribution in [0.2, 0.25) is 0 Å². The molecule has 2 rings (SSSR count). The lowest BCUT2D eigenvalue weighted by Crippen LogP contribution is -2.35. The van der Waals surface area contributed by atoms with Crippen LogP contribution in [0, 0.1) is 11.3 Å². The quantitative estimate of drug-likeness (QED) is 0.742. The third kappa shape index (κ3) is 3.33. The fourth-order valence-electron chi connectivity index (χ4n) is 1.88. The maximum Gasteiger partial charge on any atom is 0.117 e. The molecule has 1 heterocycles. The molecule has 0 unspecified atom stereocenters. The average Bonchev–Trinajstić information content (AvgIpc) is 2.42. The molecule has 0 radical (unpaired) electrons. The summed E-state index contributed by atoms with van der Waals surface area (Å²) in [6.07, 6.45) is 2.81. The van der Waals surface area contributed by atoms with Crippen LogP contribution < -0.4 is 0 Å². The summed E-state index contributed by atoms with van der Waals surface area (Å²) >= 11 is 0. The Kier molecular flexibility index (Phi) is 4.17. The van der Waals surface area contributed by atoms with Gasteiger partial charge in [-0.05, 0) is 18.1 Å². The van der Waals surface area contributed by atoms with Crippen LogP contribution in [0.15, 0.2) is 42.1 Å². The molecular weight excluding hydrogens is 212 g/mol. The first-order valence-electron chi connectivity index (χ1n) is 5.87. The zero-order valence-corrected chi connectivity index (χ0v) is 9.80. The molecule has 17 heavy (non-hydrogen) atoms. The molecule has 1 aromatic rings. The predicted molar refractivity (Wildman–Crippen MR) is 66.2 cm³/mol. The van der Waals surface area contributed by atoms with Crippen LogP contribution in [0.5, 0.6) is 0 Å². The van der Waals surface area contributed by atoms with Crippen LogP contribution in [0.3, 0.4) is 0 Å². The molecule has 1 aliphatic heterocycles. The van der Waals surface area contributed by atoms with Gasteiger partial charge in [0, 0.05) is 13.1 Å². The molecule has 1 aromatic carbocycles. The van der Waals surface area contributed by atoms with E-state index in [0.717, 1.165) is 25.2 Å². The third-order valence-corrected chi connectivity index (χ3v) is 2.84. The molecular formula is C14H16N2O.